The predicted octanol–water partition coefficient (Wildman–Crippen LogP) is 6.76. The molecule has 0 saturated heterocycles. The quantitative estimate of drug-likeness (QED) is 0.297. The number of para-hydroxylation sites is 1. The first-order valence-corrected chi connectivity index (χ1v) is 10.4. The molecule has 1 unspecified atom stereocenters. The molecule has 3 aromatic rings. The minimum Gasteiger partial charge on any atom is -0.491 e. The van der Waals surface area contributed by atoms with Crippen LogP contribution in [0.15, 0.2) is 78.9 Å². The van der Waals surface area contributed by atoms with E-state index in [1.165, 1.54) is 5.56 Å². The molecule has 0 radical (unpaired) electrons. The van der Waals surface area contributed by atoms with Gasteiger partial charge in [0.2, 0.25) is 0 Å². The first-order valence-electron chi connectivity index (χ1n) is 10.4. The maximum Gasteiger partial charge on any atom is 0.197 e. The van der Waals surface area contributed by atoms with Crippen LogP contribution in [0, 0.1) is 0 Å². The molecule has 0 aliphatic carbocycles. The zero-order valence-corrected chi connectivity index (χ0v) is 17.9. The van der Waals surface area contributed by atoms with Crippen molar-refractivity contribution in [2.24, 2.45) is 0 Å². The molecule has 3 aromatic carbocycles. The van der Waals surface area contributed by atoms with Crippen LogP contribution >= 0.6 is 0 Å². The summed E-state index contributed by atoms with van der Waals surface area (Å²) in [7, 11) is 0. The Kier molecular flexibility index (Phi) is 9.81. The first-order chi connectivity index (χ1) is 14.3. The molecule has 3 rings (SSSR count). The van der Waals surface area contributed by atoms with Gasteiger partial charge in [-0.15, -0.1) is 0 Å². The van der Waals surface area contributed by atoms with Gasteiger partial charge >= 0.3 is 0 Å². The maximum atomic E-state index is 5.94. The summed E-state index contributed by atoms with van der Waals surface area (Å²) in [4.78, 5) is 0. The molecule has 0 bridgehead atoms. The van der Waals surface area contributed by atoms with Gasteiger partial charge in [-0.3, -0.25) is 0 Å². The fraction of sp³-hybridized carbons (Fsp3) is 0.308. The van der Waals surface area contributed by atoms with Crippen molar-refractivity contribution in [3.05, 3.63) is 84.4 Å². The van der Waals surface area contributed by atoms with Crippen molar-refractivity contribution in [1.82, 2.24) is 0 Å². The average molecular weight is 393 g/mol. The molecular weight excluding hydrogens is 360 g/mol. The molecule has 0 heterocycles. The van der Waals surface area contributed by atoms with Crippen molar-refractivity contribution in [1.29, 1.82) is 0 Å². The third-order valence-corrected chi connectivity index (χ3v) is 4.30. The van der Waals surface area contributed by atoms with E-state index in [1.54, 1.807) is 0 Å². The van der Waals surface area contributed by atoms with E-state index in [-0.39, 0.29) is 6.29 Å². The lowest BCUT2D eigenvalue weighted by Gasteiger charge is -2.16. The summed E-state index contributed by atoms with van der Waals surface area (Å²) in [6.45, 7) is 8.95. The number of hydrogen-bond donors (Lipinski definition) is 0. The Hall–Kier alpha value is -2.78. The maximum absolute atomic E-state index is 5.94. The molecule has 0 fully saturated rings. The smallest absolute Gasteiger partial charge is 0.197 e. The molecule has 0 aliphatic rings. The summed E-state index contributed by atoms with van der Waals surface area (Å²) in [5.74, 6) is 1.67. The van der Waals surface area contributed by atoms with Crippen molar-refractivity contribution in [3.63, 3.8) is 0 Å². The Morgan fingerprint density at radius 2 is 1.41 bits per heavy atom. The second kappa shape index (κ2) is 12.6. The Balaban J connectivity index is 0.00000145. The van der Waals surface area contributed by atoms with Gasteiger partial charge in [0.15, 0.2) is 6.29 Å². The van der Waals surface area contributed by atoms with Crippen molar-refractivity contribution >= 4 is 0 Å². The normalized spacial score (nSPS) is 11.2. The molecule has 154 valence electrons. The Bertz CT molecular complexity index is 813. The molecule has 0 spiro atoms. The average Bonchev–Trinajstić information content (AvgIpc) is 2.79. The largest absolute Gasteiger partial charge is 0.491 e. The van der Waals surface area contributed by atoms with Crippen molar-refractivity contribution < 1.29 is 14.2 Å². The highest BCUT2D eigenvalue weighted by atomic mass is 16.7. The number of hydrogen-bond acceptors (Lipinski definition) is 3. The number of benzene rings is 3. The number of aryl methyl sites for hydroxylation is 1. The molecular formula is C26H32O3. The summed E-state index contributed by atoms with van der Waals surface area (Å²) in [5, 5.41) is 0. The van der Waals surface area contributed by atoms with Gasteiger partial charge in [0.1, 0.15) is 18.1 Å². The monoisotopic (exact) mass is 392 g/mol. The van der Waals surface area contributed by atoms with Crippen LogP contribution in [0.25, 0.3) is 11.1 Å². The summed E-state index contributed by atoms with van der Waals surface area (Å²) in [6, 6.07) is 26.4. The van der Waals surface area contributed by atoms with Gasteiger partial charge in [0.25, 0.3) is 0 Å². The first kappa shape index (κ1) is 22.5. The van der Waals surface area contributed by atoms with E-state index < -0.39 is 0 Å². The minimum atomic E-state index is -0.328. The summed E-state index contributed by atoms with van der Waals surface area (Å²) in [6.07, 6.45) is 0.694. The van der Waals surface area contributed by atoms with Crippen LogP contribution in [0.3, 0.4) is 0 Å². The van der Waals surface area contributed by atoms with E-state index in [4.69, 9.17) is 14.2 Å². The molecule has 0 N–H and O–H groups in total. The zero-order valence-electron chi connectivity index (χ0n) is 17.9. The van der Waals surface area contributed by atoms with E-state index in [2.05, 4.69) is 37.3 Å². The molecule has 0 saturated carbocycles. The molecule has 1 atom stereocenters. The second-order valence-electron chi connectivity index (χ2n) is 6.26. The van der Waals surface area contributed by atoms with Crippen molar-refractivity contribution in [2.45, 2.75) is 40.4 Å². The summed E-state index contributed by atoms with van der Waals surface area (Å²) < 4.78 is 17.4. The molecule has 29 heavy (non-hydrogen) atoms. The van der Waals surface area contributed by atoms with Crippen LogP contribution in [0.4, 0.5) is 0 Å². The van der Waals surface area contributed by atoms with Crippen LogP contribution < -0.4 is 9.47 Å². The number of ether oxygens (including phenoxy) is 3. The van der Waals surface area contributed by atoms with E-state index in [0.29, 0.717) is 13.2 Å². The van der Waals surface area contributed by atoms with Gasteiger partial charge in [0, 0.05) is 5.56 Å². The highest BCUT2D eigenvalue weighted by molar-refractivity contribution is 5.70. The van der Waals surface area contributed by atoms with Crippen LogP contribution in [0.2, 0.25) is 0 Å². The van der Waals surface area contributed by atoms with Crippen LogP contribution in [-0.2, 0) is 11.2 Å². The fourth-order valence-corrected chi connectivity index (χ4v) is 2.84. The van der Waals surface area contributed by atoms with E-state index in [9.17, 15) is 0 Å². The minimum absolute atomic E-state index is 0.328. The molecule has 0 aliphatic heterocycles. The van der Waals surface area contributed by atoms with Crippen molar-refractivity contribution in [2.75, 3.05) is 13.2 Å². The van der Waals surface area contributed by atoms with Gasteiger partial charge in [-0.05, 0) is 42.7 Å². The van der Waals surface area contributed by atoms with Crippen LogP contribution in [0.1, 0.15) is 33.3 Å². The van der Waals surface area contributed by atoms with Gasteiger partial charge in [0.05, 0.1) is 6.61 Å². The lowest BCUT2D eigenvalue weighted by Crippen LogP contribution is -2.20. The molecule has 0 amide bonds. The van der Waals surface area contributed by atoms with Crippen LogP contribution in [0.5, 0.6) is 11.5 Å². The summed E-state index contributed by atoms with van der Waals surface area (Å²) >= 11 is 0. The lowest BCUT2D eigenvalue weighted by atomic mass is 10.1. The molecule has 3 heteroatoms. The lowest BCUT2D eigenvalue weighted by molar-refractivity contribution is -0.0738. The van der Waals surface area contributed by atoms with E-state index in [0.717, 1.165) is 29.0 Å². The van der Waals surface area contributed by atoms with Gasteiger partial charge in [-0.25, -0.2) is 0 Å². The van der Waals surface area contributed by atoms with Crippen LogP contribution in [-0.4, -0.2) is 19.5 Å². The molecule has 3 nitrogen and oxygen atoms in total. The zero-order chi connectivity index (χ0) is 20.9. The standard InChI is InChI=1S/C24H26O3.C2H6/c1-3-20-13-15-22(16-14-20)27-19(2)25-17-18-26-24-12-8-7-11-23(24)21-9-5-4-6-10-21;1-2/h4-16,19H,3,17-18H2,1-2H3;1-2H3. The highest BCUT2D eigenvalue weighted by Crippen LogP contribution is 2.29. The summed E-state index contributed by atoms with van der Waals surface area (Å²) in [5.41, 5.74) is 3.51. The van der Waals surface area contributed by atoms with Crippen molar-refractivity contribution in [3.8, 4) is 22.6 Å². The van der Waals surface area contributed by atoms with Gasteiger partial charge in [-0.2, -0.15) is 0 Å². The highest BCUT2D eigenvalue weighted by Gasteiger charge is 2.07. The van der Waals surface area contributed by atoms with E-state index >= 15 is 0 Å². The second-order valence-corrected chi connectivity index (χ2v) is 6.26. The third-order valence-electron chi connectivity index (χ3n) is 4.30. The van der Waals surface area contributed by atoms with E-state index in [1.807, 2.05) is 69.3 Å². The Morgan fingerprint density at radius 1 is 0.759 bits per heavy atom. The van der Waals surface area contributed by atoms with Gasteiger partial charge in [-0.1, -0.05) is 81.4 Å². The topological polar surface area (TPSA) is 27.7 Å². The Morgan fingerprint density at radius 3 is 2.10 bits per heavy atom. The SMILES string of the molecule is CC.CCc1ccc(OC(C)OCCOc2ccccc2-c2ccccc2)cc1. The third kappa shape index (κ3) is 7.28. The molecule has 0 aromatic heterocycles. The fourth-order valence-electron chi connectivity index (χ4n) is 2.84. The number of rotatable bonds is 9. The van der Waals surface area contributed by atoms with Gasteiger partial charge < -0.3 is 14.2 Å². The predicted molar refractivity (Wildman–Crippen MR) is 121 cm³/mol. The Labute approximate surface area is 175 Å².